The summed E-state index contributed by atoms with van der Waals surface area (Å²) in [4.78, 5) is 15.0. The van der Waals surface area contributed by atoms with Crippen LogP contribution in [0, 0.1) is 0 Å². The van der Waals surface area contributed by atoms with Crippen molar-refractivity contribution in [2.75, 3.05) is 18.1 Å². The smallest absolute Gasteiger partial charge is 0.237 e. The number of piperidine rings is 1. The van der Waals surface area contributed by atoms with Crippen LogP contribution in [-0.4, -0.2) is 49.4 Å². The van der Waals surface area contributed by atoms with Gasteiger partial charge in [-0.05, 0) is 37.8 Å². The van der Waals surface area contributed by atoms with Gasteiger partial charge in [0.25, 0.3) is 0 Å². The highest BCUT2D eigenvalue weighted by Gasteiger charge is 2.31. The lowest BCUT2D eigenvalue weighted by molar-refractivity contribution is -0.128. The normalized spacial score (nSPS) is 25.2. The van der Waals surface area contributed by atoms with Crippen LogP contribution in [0.25, 0.3) is 0 Å². The van der Waals surface area contributed by atoms with E-state index in [0.717, 1.165) is 32.4 Å². The van der Waals surface area contributed by atoms with E-state index in [-0.39, 0.29) is 29.5 Å². The molecule has 2 fully saturated rings. The van der Waals surface area contributed by atoms with Crippen LogP contribution in [0.1, 0.15) is 37.7 Å². The zero-order valence-electron chi connectivity index (χ0n) is 14.0. The van der Waals surface area contributed by atoms with Crippen molar-refractivity contribution in [3.05, 3.63) is 35.9 Å². The van der Waals surface area contributed by atoms with Gasteiger partial charge in [-0.15, -0.1) is 0 Å². The summed E-state index contributed by atoms with van der Waals surface area (Å²) in [5.41, 5.74) is 1.22. The fraction of sp³-hybridized carbons (Fsp3) is 0.611. The Labute approximate surface area is 144 Å². The van der Waals surface area contributed by atoms with Gasteiger partial charge in [-0.1, -0.05) is 36.8 Å². The van der Waals surface area contributed by atoms with Crippen LogP contribution in [0.4, 0.5) is 0 Å². The molecule has 1 amide bonds. The summed E-state index contributed by atoms with van der Waals surface area (Å²) in [5, 5.41) is 3.10. The number of amides is 1. The van der Waals surface area contributed by atoms with Gasteiger partial charge in [0.1, 0.15) is 9.84 Å². The third kappa shape index (κ3) is 4.57. The molecule has 3 rings (SSSR count). The number of nitrogens with zero attached hydrogens (tertiary/aromatic N) is 1. The van der Waals surface area contributed by atoms with Gasteiger partial charge in [0.05, 0.1) is 17.5 Å². The maximum absolute atomic E-state index is 12.7. The highest BCUT2D eigenvalue weighted by Crippen LogP contribution is 2.21. The lowest BCUT2D eigenvalue weighted by Crippen LogP contribution is -2.52. The number of carbonyl (C=O) groups is 1. The van der Waals surface area contributed by atoms with Crippen molar-refractivity contribution >= 4 is 15.7 Å². The first-order valence-electron chi connectivity index (χ1n) is 8.82. The summed E-state index contributed by atoms with van der Waals surface area (Å²) in [6, 6.07) is 10.1. The van der Waals surface area contributed by atoms with Crippen molar-refractivity contribution in [3.8, 4) is 0 Å². The molecule has 0 aliphatic carbocycles. The Morgan fingerprint density at radius 3 is 2.50 bits per heavy atom. The summed E-state index contributed by atoms with van der Waals surface area (Å²) in [5.74, 6) is 0.446. The van der Waals surface area contributed by atoms with Gasteiger partial charge in [-0.25, -0.2) is 8.42 Å². The van der Waals surface area contributed by atoms with Crippen molar-refractivity contribution in [1.82, 2.24) is 10.2 Å². The van der Waals surface area contributed by atoms with Gasteiger partial charge in [-0.2, -0.15) is 0 Å². The molecule has 0 radical (unpaired) electrons. The zero-order chi connectivity index (χ0) is 17.0. The topological polar surface area (TPSA) is 66.5 Å². The monoisotopic (exact) mass is 350 g/mol. The van der Waals surface area contributed by atoms with Gasteiger partial charge in [0.15, 0.2) is 0 Å². The molecule has 132 valence electrons. The Morgan fingerprint density at radius 1 is 1.08 bits per heavy atom. The minimum absolute atomic E-state index is 0.00141. The van der Waals surface area contributed by atoms with E-state index in [0.29, 0.717) is 12.8 Å². The average molecular weight is 350 g/mol. The molecule has 0 saturated carbocycles. The Balaban J connectivity index is 1.59. The number of hydrogen-bond acceptors (Lipinski definition) is 4. The summed E-state index contributed by atoms with van der Waals surface area (Å²) in [6.45, 7) is 1.73. The molecule has 2 heterocycles. The van der Waals surface area contributed by atoms with E-state index in [1.807, 2.05) is 18.2 Å². The lowest BCUT2D eigenvalue weighted by Gasteiger charge is -2.36. The van der Waals surface area contributed by atoms with E-state index < -0.39 is 9.84 Å². The van der Waals surface area contributed by atoms with E-state index in [1.54, 1.807) is 0 Å². The van der Waals surface area contributed by atoms with Gasteiger partial charge in [0, 0.05) is 12.6 Å². The molecular weight excluding hydrogens is 324 g/mol. The Kier molecular flexibility index (Phi) is 5.56. The number of likely N-dealkylation sites (tertiary alicyclic amines) is 1. The number of hydrogen-bond donors (Lipinski definition) is 1. The minimum Gasteiger partial charge on any atom is -0.352 e. The van der Waals surface area contributed by atoms with E-state index >= 15 is 0 Å². The summed E-state index contributed by atoms with van der Waals surface area (Å²) in [6.07, 6.45) is 4.16. The first kappa shape index (κ1) is 17.4. The van der Waals surface area contributed by atoms with Gasteiger partial charge < -0.3 is 5.32 Å². The Bertz CT molecular complexity index is 646. The van der Waals surface area contributed by atoms with E-state index in [1.165, 1.54) is 5.56 Å². The van der Waals surface area contributed by atoms with Crippen LogP contribution in [0.5, 0.6) is 0 Å². The minimum atomic E-state index is -2.89. The number of nitrogens with one attached hydrogen (secondary N) is 1. The fourth-order valence-electron chi connectivity index (χ4n) is 3.63. The van der Waals surface area contributed by atoms with Gasteiger partial charge >= 0.3 is 0 Å². The summed E-state index contributed by atoms with van der Waals surface area (Å²) in [7, 11) is -2.89. The van der Waals surface area contributed by atoms with Gasteiger partial charge in [-0.3, -0.25) is 9.69 Å². The molecule has 1 unspecified atom stereocenters. The molecular formula is C18H26N2O3S. The molecule has 2 aliphatic rings. The Hall–Kier alpha value is -1.40. The molecule has 0 spiro atoms. The van der Waals surface area contributed by atoms with Gasteiger partial charge in [0.2, 0.25) is 5.91 Å². The lowest BCUT2D eigenvalue weighted by atomic mass is 9.99. The second-order valence-corrected chi connectivity index (χ2v) is 9.21. The first-order chi connectivity index (χ1) is 11.5. The summed E-state index contributed by atoms with van der Waals surface area (Å²) < 4.78 is 23.0. The number of carbonyl (C=O) groups excluding carboxylic acids is 1. The van der Waals surface area contributed by atoms with E-state index in [4.69, 9.17) is 0 Å². The molecule has 6 heteroatoms. The van der Waals surface area contributed by atoms with Crippen molar-refractivity contribution in [2.45, 2.75) is 50.7 Å². The van der Waals surface area contributed by atoms with Crippen molar-refractivity contribution in [1.29, 1.82) is 0 Å². The molecule has 0 aromatic heterocycles. The predicted octanol–water partition coefficient (Wildman–Crippen LogP) is 1.73. The zero-order valence-corrected chi connectivity index (χ0v) is 14.8. The Morgan fingerprint density at radius 2 is 1.79 bits per heavy atom. The maximum Gasteiger partial charge on any atom is 0.237 e. The van der Waals surface area contributed by atoms with Crippen LogP contribution in [0.2, 0.25) is 0 Å². The maximum atomic E-state index is 12.7. The first-order valence-corrected chi connectivity index (χ1v) is 10.6. The highest BCUT2D eigenvalue weighted by atomic mass is 32.2. The number of rotatable bonds is 4. The largest absolute Gasteiger partial charge is 0.352 e. The third-order valence-electron chi connectivity index (χ3n) is 5.05. The quantitative estimate of drug-likeness (QED) is 0.898. The standard InChI is InChI=1S/C18H26N2O3S/c21-18(19-16-9-12-24(22,23)13-10-16)17-8-4-5-11-20(17)14-15-6-2-1-3-7-15/h1-3,6-7,16-17H,4-5,8-14H2,(H,19,21). The molecule has 5 nitrogen and oxygen atoms in total. The fourth-order valence-corrected chi connectivity index (χ4v) is 5.12. The SMILES string of the molecule is O=C(NC1CCS(=O)(=O)CC1)C1CCCCN1Cc1ccccc1. The van der Waals surface area contributed by atoms with E-state index in [9.17, 15) is 13.2 Å². The highest BCUT2D eigenvalue weighted by molar-refractivity contribution is 7.91. The molecule has 24 heavy (non-hydrogen) atoms. The third-order valence-corrected chi connectivity index (χ3v) is 6.76. The predicted molar refractivity (Wildman–Crippen MR) is 94.3 cm³/mol. The molecule has 1 N–H and O–H groups in total. The second kappa shape index (κ2) is 7.66. The van der Waals surface area contributed by atoms with Crippen molar-refractivity contribution in [3.63, 3.8) is 0 Å². The van der Waals surface area contributed by atoms with Crippen LogP contribution in [0.3, 0.4) is 0 Å². The second-order valence-electron chi connectivity index (χ2n) is 6.90. The van der Waals surface area contributed by atoms with Crippen molar-refractivity contribution in [2.24, 2.45) is 0 Å². The number of sulfone groups is 1. The van der Waals surface area contributed by atoms with Crippen LogP contribution < -0.4 is 5.32 Å². The van der Waals surface area contributed by atoms with Crippen molar-refractivity contribution < 1.29 is 13.2 Å². The number of benzene rings is 1. The molecule has 0 bridgehead atoms. The van der Waals surface area contributed by atoms with Crippen LogP contribution >= 0.6 is 0 Å². The molecule has 1 atom stereocenters. The summed E-state index contributed by atoms with van der Waals surface area (Å²) >= 11 is 0. The average Bonchev–Trinajstić information content (AvgIpc) is 2.58. The van der Waals surface area contributed by atoms with E-state index in [2.05, 4.69) is 22.3 Å². The molecule has 2 saturated heterocycles. The van der Waals surface area contributed by atoms with Crippen LogP contribution in [-0.2, 0) is 21.2 Å². The molecule has 1 aromatic carbocycles. The molecule has 2 aliphatic heterocycles. The van der Waals surface area contributed by atoms with Crippen LogP contribution in [0.15, 0.2) is 30.3 Å². The molecule has 1 aromatic rings.